The minimum Gasteiger partial charge on any atom is -0.334 e. The Morgan fingerprint density at radius 2 is 1.90 bits per heavy atom. The van der Waals surface area contributed by atoms with Crippen LogP contribution >= 0.6 is 0 Å². The summed E-state index contributed by atoms with van der Waals surface area (Å²) in [4.78, 5) is 4.12. The monoisotopic (exact) mass is 283 g/mol. The average molecular weight is 283 g/mol. The lowest BCUT2D eigenvalue weighted by atomic mass is 10.0. The second-order valence-electron chi connectivity index (χ2n) is 4.71. The van der Waals surface area contributed by atoms with Gasteiger partial charge >= 0.3 is 0 Å². The van der Waals surface area contributed by atoms with Crippen LogP contribution in [0.4, 0.5) is 13.2 Å². The molecule has 0 amide bonds. The Labute approximate surface area is 113 Å². The van der Waals surface area contributed by atoms with Gasteiger partial charge < -0.3 is 9.84 Å². The van der Waals surface area contributed by atoms with Crippen molar-refractivity contribution in [3.05, 3.63) is 35.4 Å². The van der Waals surface area contributed by atoms with Crippen molar-refractivity contribution in [3.8, 4) is 11.5 Å². The van der Waals surface area contributed by atoms with Crippen LogP contribution in [0, 0.1) is 17.5 Å². The van der Waals surface area contributed by atoms with Crippen LogP contribution in [0.5, 0.6) is 0 Å². The fourth-order valence-corrected chi connectivity index (χ4v) is 2.24. The number of rotatable bonds is 2. The van der Waals surface area contributed by atoms with E-state index in [-0.39, 0.29) is 17.5 Å². The van der Waals surface area contributed by atoms with Crippen LogP contribution < -0.4 is 5.32 Å². The molecule has 1 aromatic carbocycles. The van der Waals surface area contributed by atoms with Gasteiger partial charge in [-0.3, -0.25) is 0 Å². The van der Waals surface area contributed by atoms with Crippen LogP contribution in [0.2, 0.25) is 0 Å². The first-order chi connectivity index (χ1) is 9.65. The second kappa shape index (κ2) is 5.24. The van der Waals surface area contributed by atoms with E-state index in [1.807, 2.05) is 0 Å². The summed E-state index contributed by atoms with van der Waals surface area (Å²) in [6.07, 6.45) is 3.03. The first-order valence-corrected chi connectivity index (χ1v) is 6.37. The number of nitrogens with zero attached hydrogens (tertiary/aromatic N) is 2. The molecule has 1 aliphatic rings. The molecule has 1 fully saturated rings. The highest BCUT2D eigenvalue weighted by Crippen LogP contribution is 2.25. The molecule has 1 N–H and O–H groups in total. The Bertz CT molecular complexity index is 600. The molecule has 1 aliphatic heterocycles. The molecule has 106 valence electrons. The van der Waals surface area contributed by atoms with Gasteiger partial charge in [-0.2, -0.15) is 4.98 Å². The zero-order chi connectivity index (χ0) is 14.1. The summed E-state index contributed by atoms with van der Waals surface area (Å²) in [6.45, 7) is 0.869. The van der Waals surface area contributed by atoms with Crippen LogP contribution in [0.3, 0.4) is 0 Å². The fourth-order valence-electron chi connectivity index (χ4n) is 2.24. The maximum absolute atomic E-state index is 13.2. The molecule has 0 radical (unpaired) electrons. The molecule has 3 rings (SSSR count). The zero-order valence-corrected chi connectivity index (χ0v) is 10.5. The lowest BCUT2D eigenvalue weighted by Crippen LogP contribution is -2.27. The van der Waals surface area contributed by atoms with Crippen LogP contribution in [0.1, 0.15) is 31.1 Å². The predicted molar refractivity (Wildman–Crippen MR) is 64.2 cm³/mol. The normalized spacial score (nSPS) is 19.2. The molecule has 1 unspecified atom stereocenters. The third-order valence-corrected chi connectivity index (χ3v) is 3.29. The van der Waals surface area contributed by atoms with E-state index in [0.29, 0.717) is 5.82 Å². The molecule has 1 saturated heterocycles. The van der Waals surface area contributed by atoms with Gasteiger partial charge in [-0.05, 0) is 31.5 Å². The molecule has 0 saturated carbocycles. The van der Waals surface area contributed by atoms with Crippen molar-refractivity contribution in [1.82, 2.24) is 15.5 Å². The molecule has 0 aliphatic carbocycles. The molecule has 1 atom stereocenters. The van der Waals surface area contributed by atoms with E-state index in [4.69, 9.17) is 4.52 Å². The average Bonchev–Trinajstić information content (AvgIpc) is 2.95. The van der Waals surface area contributed by atoms with Crippen LogP contribution in [-0.2, 0) is 0 Å². The molecule has 20 heavy (non-hydrogen) atoms. The van der Waals surface area contributed by atoms with Gasteiger partial charge in [0.1, 0.15) is 0 Å². The van der Waals surface area contributed by atoms with E-state index in [9.17, 15) is 13.2 Å². The van der Waals surface area contributed by atoms with E-state index in [2.05, 4.69) is 15.5 Å². The maximum atomic E-state index is 13.2. The SMILES string of the molecule is Fc1cc(-c2nc(C3CCCCN3)no2)cc(F)c1F. The Balaban J connectivity index is 1.89. The highest BCUT2D eigenvalue weighted by molar-refractivity contribution is 5.53. The van der Waals surface area contributed by atoms with Gasteiger partial charge in [-0.15, -0.1) is 0 Å². The van der Waals surface area contributed by atoms with E-state index in [1.54, 1.807) is 0 Å². The molecule has 0 bridgehead atoms. The lowest BCUT2D eigenvalue weighted by molar-refractivity contribution is 0.366. The quantitative estimate of drug-likeness (QED) is 0.861. The molecule has 2 heterocycles. The summed E-state index contributed by atoms with van der Waals surface area (Å²) in [5, 5.41) is 7.05. The van der Waals surface area contributed by atoms with Gasteiger partial charge in [0.25, 0.3) is 5.89 Å². The van der Waals surface area contributed by atoms with Crippen molar-refractivity contribution in [2.45, 2.75) is 25.3 Å². The van der Waals surface area contributed by atoms with Crippen molar-refractivity contribution < 1.29 is 17.7 Å². The van der Waals surface area contributed by atoms with Crippen LogP contribution in [-0.4, -0.2) is 16.7 Å². The number of hydrogen-bond acceptors (Lipinski definition) is 4. The van der Waals surface area contributed by atoms with Gasteiger partial charge in [0, 0.05) is 5.56 Å². The highest BCUT2D eigenvalue weighted by atomic mass is 19.2. The highest BCUT2D eigenvalue weighted by Gasteiger charge is 2.22. The zero-order valence-electron chi connectivity index (χ0n) is 10.5. The summed E-state index contributed by atoms with van der Waals surface area (Å²) in [7, 11) is 0. The molecule has 2 aromatic rings. The van der Waals surface area contributed by atoms with E-state index in [1.165, 1.54) is 0 Å². The summed E-state index contributed by atoms with van der Waals surface area (Å²) in [5.74, 6) is -3.65. The molecule has 7 heteroatoms. The van der Waals surface area contributed by atoms with Crippen molar-refractivity contribution in [2.24, 2.45) is 0 Å². The lowest BCUT2D eigenvalue weighted by Gasteiger charge is -2.19. The number of piperidine rings is 1. The summed E-state index contributed by atoms with van der Waals surface area (Å²) >= 11 is 0. The van der Waals surface area contributed by atoms with E-state index in [0.717, 1.165) is 37.9 Å². The Kier molecular flexibility index (Phi) is 3.43. The van der Waals surface area contributed by atoms with Crippen molar-refractivity contribution in [2.75, 3.05) is 6.54 Å². The molecule has 4 nitrogen and oxygen atoms in total. The second-order valence-corrected chi connectivity index (χ2v) is 4.71. The minimum atomic E-state index is -1.51. The summed E-state index contributed by atoms with van der Waals surface area (Å²) in [5.41, 5.74) is 0.0240. The standard InChI is InChI=1S/C13H12F3N3O/c14-8-5-7(6-9(15)11(8)16)13-18-12(19-20-13)10-3-1-2-4-17-10/h5-6,10,17H,1-4H2. The van der Waals surface area contributed by atoms with Crippen LogP contribution in [0.25, 0.3) is 11.5 Å². The Morgan fingerprint density at radius 1 is 1.15 bits per heavy atom. The number of benzene rings is 1. The maximum Gasteiger partial charge on any atom is 0.258 e. The van der Waals surface area contributed by atoms with Gasteiger partial charge in [-0.1, -0.05) is 11.6 Å². The third kappa shape index (κ3) is 2.40. The number of hydrogen-bond donors (Lipinski definition) is 1. The third-order valence-electron chi connectivity index (χ3n) is 3.29. The van der Waals surface area contributed by atoms with Gasteiger partial charge in [-0.25, -0.2) is 13.2 Å². The van der Waals surface area contributed by atoms with E-state index < -0.39 is 17.5 Å². The number of nitrogens with one attached hydrogen (secondary N) is 1. The van der Waals surface area contributed by atoms with Crippen molar-refractivity contribution >= 4 is 0 Å². The number of halogens is 3. The minimum absolute atomic E-state index is 0.0172. The predicted octanol–water partition coefficient (Wildman–Crippen LogP) is 2.97. The Morgan fingerprint density at radius 3 is 2.55 bits per heavy atom. The van der Waals surface area contributed by atoms with Crippen molar-refractivity contribution in [3.63, 3.8) is 0 Å². The number of aromatic nitrogens is 2. The summed E-state index contributed by atoms with van der Waals surface area (Å²) in [6, 6.07) is 1.66. The largest absolute Gasteiger partial charge is 0.334 e. The van der Waals surface area contributed by atoms with Crippen molar-refractivity contribution in [1.29, 1.82) is 0 Å². The first kappa shape index (κ1) is 13.1. The molecule has 1 aromatic heterocycles. The topological polar surface area (TPSA) is 51.0 Å². The van der Waals surface area contributed by atoms with E-state index >= 15 is 0 Å². The Hall–Kier alpha value is -1.89. The first-order valence-electron chi connectivity index (χ1n) is 6.37. The van der Waals surface area contributed by atoms with Gasteiger partial charge in [0.2, 0.25) is 0 Å². The van der Waals surface area contributed by atoms with Crippen LogP contribution in [0.15, 0.2) is 16.7 Å². The molecular weight excluding hydrogens is 271 g/mol. The fraction of sp³-hybridized carbons (Fsp3) is 0.385. The van der Waals surface area contributed by atoms with Gasteiger partial charge in [0.05, 0.1) is 6.04 Å². The molecular formula is C13H12F3N3O. The smallest absolute Gasteiger partial charge is 0.258 e. The molecule has 0 spiro atoms. The summed E-state index contributed by atoms with van der Waals surface area (Å²) < 4.78 is 44.2. The van der Waals surface area contributed by atoms with Gasteiger partial charge in [0.15, 0.2) is 23.3 Å².